The minimum Gasteiger partial charge on any atom is -0.351 e. The molecule has 0 fully saturated rings. The van der Waals surface area contributed by atoms with Crippen molar-refractivity contribution in [1.29, 1.82) is 0 Å². The molecule has 6 heteroatoms. The van der Waals surface area contributed by atoms with E-state index in [1.165, 1.54) is 6.07 Å². The first-order valence-electron chi connectivity index (χ1n) is 5.51. The molecule has 0 aliphatic rings. The van der Waals surface area contributed by atoms with Gasteiger partial charge in [-0.3, -0.25) is 4.79 Å². The minimum absolute atomic E-state index is 0.0495. The molecule has 3 nitrogen and oxygen atoms in total. The third-order valence-corrected chi connectivity index (χ3v) is 3.39. The van der Waals surface area contributed by atoms with Gasteiger partial charge in [-0.05, 0) is 24.5 Å². The van der Waals surface area contributed by atoms with Crippen LogP contribution in [-0.4, -0.2) is 24.0 Å². The maximum Gasteiger partial charge on any atom is 0.237 e. The van der Waals surface area contributed by atoms with E-state index in [2.05, 4.69) is 5.32 Å². The smallest absolute Gasteiger partial charge is 0.237 e. The molecule has 100 valence electrons. The average Bonchev–Trinajstić information content (AvgIpc) is 2.37. The number of hydrogen-bond acceptors (Lipinski definition) is 3. The zero-order valence-electron chi connectivity index (χ0n) is 10.1. The van der Waals surface area contributed by atoms with Gasteiger partial charge in [0.05, 0.1) is 11.1 Å². The fourth-order valence-electron chi connectivity index (χ4n) is 1.37. The summed E-state index contributed by atoms with van der Waals surface area (Å²) in [5.74, 6) is 0.0423. The van der Waals surface area contributed by atoms with Crippen molar-refractivity contribution in [2.75, 3.05) is 12.0 Å². The number of nitrogens with two attached hydrogens (primary N) is 1. The number of benzene rings is 1. The molecule has 1 rings (SSSR count). The molecule has 0 radical (unpaired) electrons. The Morgan fingerprint density at radius 3 is 3.00 bits per heavy atom. The minimum atomic E-state index is -0.556. The Balaban J connectivity index is 2.49. The number of amides is 1. The molecule has 0 spiro atoms. The average molecular weight is 291 g/mol. The lowest BCUT2D eigenvalue weighted by molar-refractivity contribution is -0.122. The lowest BCUT2D eigenvalue weighted by Crippen LogP contribution is -2.40. The zero-order chi connectivity index (χ0) is 13.5. The van der Waals surface area contributed by atoms with E-state index in [4.69, 9.17) is 17.3 Å². The fraction of sp³-hybridized carbons (Fsp3) is 0.417. The Morgan fingerprint density at radius 1 is 1.61 bits per heavy atom. The Morgan fingerprint density at radius 2 is 2.33 bits per heavy atom. The first-order valence-corrected chi connectivity index (χ1v) is 7.28. The third-order valence-electron chi connectivity index (χ3n) is 2.45. The van der Waals surface area contributed by atoms with Gasteiger partial charge in [0.25, 0.3) is 0 Å². The summed E-state index contributed by atoms with van der Waals surface area (Å²) in [4.78, 5) is 11.6. The van der Waals surface area contributed by atoms with Gasteiger partial charge >= 0.3 is 0 Å². The Bertz CT molecular complexity index is 417. The maximum atomic E-state index is 13.5. The quantitative estimate of drug-likeness (QED) is 0.844. The van der Waals surface area contributed by atoms with Gasteiger partial charge in [-0.2, -0.15) is 11.8 Å². The molecule has 0 aliphatic heterocycles. The predicted molar refractivity (Wildman–Crippen MR) is 74.2 cm³/mol. The molecule has 1 amide bonds. The second-order valence-corrected chi connectivity index (χ2v) is 5.21. The highest BCUT2D eigenvalue weighted by molar-refractivity contribution is 7.98. The van der Waals surface area contributed by atoms with E-state index >= 15 is 0 Å². The molecule has 0 aromatic heterocycles. The molecular formula is C12H16ClFN2OS. The molecular weight excluding hydrogens is 275 g/mol. The van der Waals surface area contributed by atoms with Crippen molar-refractivity contribution in [1.82, 2.24) is 5.32 Å². The van der Waals surface area contributed by atoms with Gasteiger partial charge in [-0.15, -0.1) is 0 Å². The molecule has 3 N–H and O–H groups in total. The lowest BCUT2D eigenvalue weighted by atomic mass is 10.2. The second-order valence-electron chi connectivity index (χ2n) is 3.82. The molecule has 1 unspecified atom stereocenters. The highest BCUT2D eigenvalue weighted by Gasteiger charge is 2.13. The number of rotatable bonds is 6. The number of carbonyl (C=O) groups is 1. The summed E-state index contributed by atoms with van der Waals surface area (Å²) in [6.07, 6.45) is 2.55. The van der Waals surface area contributed by atoms with Gasteiger partial charge in [0.1, 0.15) is 5.82 Å². The van der Waals surface area contributed by atoms with E-state index in [0.29, 0.717) is 12.0 Å². The van der Waals surface area contributed by atoms with Crippen LogP contribution in [0.5, 0.6) is 0 Å². The van der Waals surface area contributed by atoms with Crippen LogP contribution in [0.25, 0.3) is 0 Å². The molecule has 1 aromatic carbocycles. The van der Waals surface area contributed by atoms with Crippen molar-refractivity contribution in [2.45, 2.75) is 19.0 Å². The fourth-order valence-corrected chi connectivity index (χ4v) is 2.06. The first kappa shape index (κ1) is 15.3. The topological polar surface area (TPSA) is 55.1 Å². The normalized spacial score (nSPS) is 12.2. The summed E-state index contributed by atoms with van der Waals surface area (Å²) in [6.45, 7) is 0.0954. The first-order chi connectivity index (χ1) is 8.56. The summed E-state index contributed by atoms with van der Waals surface area (Å²) in [6, 6.07) is 4.13. The number of carbonyl (C=O) groups excluding carboxylic acids is 1. The van der Waals surface area contributed by atoms with Gasteiger partial charge in [0.2, 0.25) is 5.91 Å². The summed E-state index contributed by atoms with van der Waals surface area (Å²) < 4.78 is 13.5. The van der Waals surface area contributed by atoms with Crippen molar-refractivity contribution in [3.63, 3.8) is 0 Å². The summed E-state index contributed by atoms with van der Waals surface area (Å²) in [7, 11) is 0. The second kappa shape index (κ2) is 7.61. The molecule has 0 saturated heterocycles. The molecule has 0 heterocycles. The molecule has 0 aliphatic carbocycles. The van der Waals surface area contributed by atoms with Crippen molar-refractivity contribution in [3.8, 4) is 0 Å². The lowest BCUT2D eigenvalue weighted by Gasteiger charge is -2.12. The summed E-state index contributed by atoms with van der Waals surface area (Å²) in [5.41, 5.74) is 6.04. The molecule has 1 aromatic rings. The molecule has 1 atom stereocenters. The van der Waals surface area contributed by atoms with E-state index in [-0.39, 0.29) is 17.5 Å². The Hall–Kier alpha value is -0.780. The SMILES string of the molecule is CSCCC(N)C(=O)NCc1cccc(Cl)c1F. The maximum absolute atomic E-state index is 13.5. The molecule has 18 heavy (non-hydrogen) atoms. The molecule has 0 bridgehead atoms. The van der Waals surface area contributed by atoms with Crippen LogP contribution in [0.4, 0.5) is 4.39 Å². The number of nitrogens with one attached hydrogen (secondary N) is 1. The van der Waals surface area contributed by atoms with E-state index < -0.39 is 11.9 Å². The van der Waals surface area contributed by atoms with Crippen LogP contribution < -0.4 is 11.1 Å². The van der Waals surface area contributed by atoms with E-state index in [0.717, 1.165) is 5.75 Å². The largest absolute Gasteiger partial charge is 0.351 e. The third kappa shape index (κ3) is 4.48. The van der Waals surface area contributed by atoms with Crippen molar-refractivity contribution >= 4 is 29.3 Å². The predicted octanol–water partition coefficient (Wildman–Crippen LogP) is 2.18. The van der Waals surface area contributed by atoms with Crippen LogP contribution in [0.1, 0.15) is 12.0 Å². The van der Waals surface area contributed by atoms with Crippen molar-refractivity contribution < 1.29 is 9.18 Å². The number of hydrogen-bond donors (Lipinski definition) is 2. The van der Waals surface area contributed by atoms with Crippen LogP contribution in [-0.2, 0) is 11.3 Å². The number of halogens is 2. The van der Waals surface area contributed by atoms with Gasteiger partial charge in [0, 0.05) is 12.1 Å². The van der Waals surface area contributed by atoms with Crippen molar-refractivity contribution in [2.24, 2.45) is 5.73 Å². The van der Waals surface area contributed by atoms with E-state index in [1.807, 2.05) is 6.26 Å². The highest BCUT2D eigenvalue weighted by atomic mass is 35.5. The Labute approximate surface area is 115 Å². The van der Waals surface area contributed by atoms with Crippen LogP contribution in [0.15, 0.2) is 18.2 Å². The monoisotopic (exact) mass is 290 g/mol. The van der Waals surface area contributed by atoms with Gasteiger partial charge in [-0.25, -0.2) is 4.39 Å². The van der Waals surface area contributed by atoms with Gasteiger partial charge in [-0.1, -0.05) is 23.7 Å². The molecule has 0 saturated carbocycles. The van der Waals surface area contributed by atoms with Crippen LogP contribution in [0.3, 0.4) is 0 Å². The summed E-state index contributed by atoms with van der Waals surface area (Å²) in [5, 5.41) is 2.65. The highest BCUT2D eigenvalue weighted by Crippen LogP contribution is 2.17. The van der Waals surface area contributed by atoms with Gasteiger partial charge in [0.15, 0.2) is 0 Å². The number of thioether (sulfide) groups is 1. The van der Waals surface area contributed by atoms with Crippen LogP contribution in [0, 0.1) is 5.82 Å². The van der Waals surface area contributed by atoms with Crippen LogP contribution in [0.2, 0.25) is 5.02 Å². The van der Waals surface area contributed by atoms with E-state index in [1.54, 1.807) is 23.9 Å². The van der Waals surface area contributed by atoms with Crippen LogP contribution >= 0.6 is 23.4 Å². The summed E-state index contributed by atoms with van der Waals surface area (Å²) >= 11 is 7.27. The Kier molecular flexibility index (Phi) is 6.46. The van der Waals surface area contributed by atoms with E-state index in [9.17, 15) is 9.18 Å². The standard InChI is InChI=1S/C12H16ClFN2OS/c1-18-6-5-10(15)12(17)16-7-8-3-2-4-9(13)11(8)14/h2-4,10H,5-7,15H2,1H3,(H,16,17). The zero-order valence-corrected chi connectivity index (χ0v) is 11.7. The van der Waals surface area contributed by atoms with Crippen molar-refractivity contribution in [3.05, 3.63) is 34.6 Å². The van der Waals surface area contributed by atoms with Gasteiger partial charge < -0.3 is 11.1 Å².